The van der Waals surface area contributed by atoms with E-state index in [0.717, 1.165) is 32.0 Å². The molecule has 2 fully saturated rings. The Hall–Kier alpha value is -0.770. The van der Waals surface area contributed by atoms with Crippen molar-refractivity contribution in [2.24, 2.45) is 5.92 Å². The Morgan fingerprint density at radius 3 is 2.68 bits per heavy atom. The number of likely N-dealkylation sites (tertiary alicyclic amines) is 1. The quantitative estimate of drug-likeness (QED) is 0.780. The first-order chi connectivity index (χ1) is 8.94. The van der Waals surface area contributed by atoms with E-state index < -0.39 is 5.60 Å². The van der Waals surface area contributed by atoms with E-state index in [9.17, 15) is 4.79 Å². The summed E-state index contributed by atoms with van der Waals surface area (Å²) in [7, 11) is 0. The Kier molecular flexibility index (Phi) is 4.71. The van der Waals surface area contributed by atoms with Crippen LogP contribution in [-0.2, 0) is 4.74 Å². The standard InChI is InChI=1S/C15H28N2O2/c1-15(2,3)19-14(18)17-10-8-13(11-17)16-9-4-5-12-6-7-12/h12-13,16H,4-11H2,1-3H3. The maximum absolute atomic E-state index is 11.9. The minimum atomic E-state index is -0.396. The van der Waals surface area contributed by atoms with Crippen molar-refractivity contribution in [2.45, 2.75) is 64.5 Å². The van der Waals surface area contributed by atoms with Gasteiger partial charge >= 0.3 is 6.09 Å². The largest absolute Gasteiger partial charge is 0.444 e. The van der Waals surface area contributed by atoms with Crippen molar-refractivity contribution in [2.75, 3.05) is 19.6 Å². The molecule has 1 heterocycles. The molecule has 2 rings (SSSR count). The second-order valence-electron chi connectivity index (χ2n) is 6.95. The summed E-state index contributed by atoms with van der Waals surface area (Å²) >= 11 is 0. The predicted molar refractivity (Wildman–Crippen MR) is 76.2 cm³/mol. The lowest BCUT2D eigenvalue weighted by Gasteiger charge is -2.24. The molecule has 1 saturated heterocycles. The fraction of sp³-hybridized carbons (Fsp3) is 0.933. The first-order valence-electron chi connectivity index (χ1n) is 7.65. The highest BCUT2D eigenvalue weighted by molar-refractivity contribution is 5.68. The summed E-state index contributed by atoms with van der Waals surface area (Å²) in [6.45, 7) is 8.43. The van der Waals surface area contributed by atoms with Crippen LogP contribution in [0.5, 0.6) is 0 Å². The number of hydrogen-bond donors (Lipinski definition) is 1. The van der Waals surface area contributed by atoms with Crippen LogP contribution >= 0.6 is 0 Å². The molecule has 0 aromatic heterocycles. The Bertz CT molecular complexity index is 308. The minimum absolute atomic E-state index is 0.171. The molecule has 2 aliphatic rings. The fourth-order valence-electron chi connectivity index (χ4n) is 2.52. The van der Waals surface area contributed by atoms with Crippen LogP contribution < -0.4 is 5.32 Å². The van der Waals surface area contributed by atoms with E-state index in [1.54, 1.807) is 0 Å². The van der Waals surface area contributed by atoms with Crippen molar-refractivity contribution in [1.82, 2.24) is 10.2 Å². The summed E-state index contributed by atoms with van der Waals surface area (Å²) in [4.78, 5) is 13.7. The molecule has 19 heavy (non-hydrogen) atoms. The number of amides is 1. The molecule has 1 unspecified atom stereocenters. The summed E-state index contributed by atoms with van der Waals surface area (Å²) in [6.07, 6.45) is 6.40. The van der Waals surface area contributed by atoms with Gasteiger partial charge in [0.2, 0.25) is 0 Å². The average molecular weight is 268 g/mol. The van der Waals surface area contributed by atoms with Gasteiger partial charge in [-0.05, 0) is 52.5 Å². The lowest BCUT2D eigenvalue weighted by molar-refractivity contribution is 0.0291. The average Bonchev–Trinajstić information content (AvgIpc) is 2.99. The van der Waals surface area contributed by atoms with Gasteiger partial charge in [0.1, 0.15) is 5.60 Å². The molecule has 0 aromatic rings. The maximum Gasteiger partial charge on any atom is 0.410 e. The number of rotatable bonds is 5. The molecular formula is C15H28N2O2. The van der Waals surface area contributed by atoms with Gasteiger partial charge in [0.15, 0.2) is 0 Å². The third kappa shape index (κ3) is 5.39. The summed E-state index contributed by atoms with van der Waals surface area (Å²) in [5, 5.41) is 3.56. The molecule has 1 saturated carbocycles. The molecule has 4 heteroatoms. The van der Waals surface area contributed by atoms with Gasteiger partial charge in [0, 0.05) is 19.1 Å². The van der Waals surface area contributed by atoms with Crippen LogP contribution in [0.15, 0.2) is 0 Å². The van der Waals surface area contributed by atoms with Crippen LogP contribution in [0.25, 0.3) is 0 Å². The first kappa shape index (κ1) is 14.6. The zero-order chi connectivity index (χ0) is 13.9. The van der Waals surface area contributed by atoms with Crippen molar-refractivity contribution in [1.29, 1.82) is 0 Å². The number of carbonyl (C=O) groups excluding carboxylic acids is 1. The number of hydrogen-bond acceptors (Lipinski definition) is 3. The second kappa shape index (κ2) is 6.12. The molecule has 1 N–H and O–H groups in total. The number of nitrogens with one attached hydrogen (secondary N) is 1. The van der Waals surface area contributed by atoms with Gasteiger partial charge in [-0.2, -0.15) is 0 Å². The van der Waals surface area contributed by atoms with Gasteiger partial charge in [0.05, 0.1) is 0 Å². The smallest absolute Gasteiger partial charge is 0.410 e. The summed E-state index contributed by atoms with van der Waals surface area (Å²) in [5.41, 5.74) is -0.396. The van der Waals surface area contributed by atoms with Crippen molar-refractivity contribution in [3.63, 3.8) is 0 Å². The Morgan fingerprint density at radius 1 is 1.32 bits per heavy atom. The van der Waals surface area contributed by atoms with E-state index in [-0.39, 0.29) is 6.09 Å². The molecule has 1 aliphatic heterocycles. The third-order valence-electron chi connectivity index (χ3n) is 3.76. The number of nitrogens with zero attached hydrogens (tertiary/aromatic N) is 1. The molecule has 0 aromatic carbocycles. The Labute approximate surface area is 116 Å². The minimum Gasteiger partial charge on any atom is -0.444 e. The highest BCUT2D eigenvalue weighted by Gasteiger charge is 2.29. The maximum atomic E-state index is 11.9. The van der Waals surface area contributed by atoms with Crippen LogP contribution in [0.2, 0.25) is 0 Å². The van der Waals surface area contributed by atoms with E-state index in [4.69, 9.17) is 4.74 Å². The van der Waals surface area contributed by atoms with Crippen LogP contribution in [0, 0.1) is 5.92 Å². The predicted octanol–water partition coefficient (Wildman–Crippen LogP) is 2.78. The second-order valence-corrected chi connectivity index (χ2v) is 6.95. The van der Waals surface area contributed by atoms with Crippen LogP contribution in [0.4, 0.5) is 4.79 Å². The molecule has 4 nitrogen and oxygen atoms in total. The third-order valence-corrected chi connectivity index (χ3v) is 3.76. The van der Waals surface area contributed by atoms with Crippen molar-refractivity contribution in [3.8, 4) is 0 Å². The highest BCUT2D eigenvalue weighted by atomic mass is 16.6. The van der Waals surface area contributed by atoms with E-state index >= 15 is 0 Å². The monoisotopic (exact) mass is 268 g/mol. The van der Waals surface area contributed by atoms with E-state index in [1.165, 1.54) is 25.7 Å². The van der Waals surface area contributed by atoms with Crippen LogP contribution in [0.1, 0.15) is 52.9 Å². The molecule has 0 radical (unpaired) electrons. The van der Waals surface area contributed by atoms with Crippen LogP contribution in [-0.4, -0.2) is 42.3 Å². The summed E-state index contributed by atoms with van der Waals surface area (Å²) in [6, 6.07) is 0.451. The van der Waals surface area contributed by atoms with Crippen molar-refractivity contribution < 1.29 is 9.53 Å². The molecule has 0 spiro atoms. The van der Waals surface area contributed by atoms with Crippen molar-refractivity contribution >= 4 is 6.09 Å². The normalized spacial score (nSPS) is 23.7. The van der Waals surface area contributed by atoms with Crippen LogP contribution in [0.3, 0.4) is 0 Å². The number of carbonyl (C=O) groups is 1. The Balaban J connectivity index is 1.60. The SMILES string of the molecule is CC(C)(C)OC(=O)N1CCC(NCCCC2CC2)C1. The van der Waals surface area contributed by atoms with E-state index in [0.29, 0.717) is 6.04 Å². The molecule has 1 aliphatic carbocycles. The van der Waals surface area contributed by atoms with Gasteiger partial charge in [0.25, 0.3) is 0 Å². The summed E-state index contributed by atoms with van der Waals surface area (Å²) < 4.78 is 5.39. The lowest BCUT2D eigenvalue weighted by Crippen LogP contribution is -2.38. The fourth-order valence-corrected chi connectivity index (χ4v) is 2.52. The topological polar surface area (TPSA) is 41.6 Å². The van der Waals surface area contributed by atoms with Crippen molar-refractivity contribution in [3.05, 3.63) is 0 Å². The molecule has 1 amide bonds. The van der Waals surface area contributed by atoms with Gasteiger partial charge in [-0.25, -0.2) is 4.79 Å². The van der Waals surface area contributed by atoms with Gasteiger partial charge in [-0.3, -0.25) is 0 Å². The molecule has 0 bridgehead atoms. The zero-order valence-corrected chi connectivity index (χ0v) is 12.6. The molecule has 110 valence electrons. The summed E-state index contributed by atoms with van der Waals surface area (Å²) in [5.74, 6) is 1.02. The van der Waals surface area contributed by atoms with Gasteiger partial charge < -0.3 is 15.0 Å². The molecule has 1 atom stereocenters. The zero-order valence-electron chi connectivity index (χ0n) is 12.6. The van der Waals surface area contributed by atoms with Gasteiger partial charge in [-0.1, -0.05) is 12.8 Å². The Morgan fingerprint density at radius 2 is 2.05 bits per heavy atom. The lowest BCUT2D eigenvalue weighted by atomic mass is 10.2. The molecular weight excluding hydrogens is 240 g/mol. The van der Waals surface area contributed by atoms with E-state index in [2.05, 4.69) is 5.32 Å². The number of ether oxygens (including phenoxy) is 1. The van der Waals surface area contributed by atoms with Gasteiger partial charge in [-0.15, -0.1) is 0 Å². The van der Waals surface area contributed by atoms with E-state index in [1.807, 2.05) is 25.7 Å². The first-order valence-corrected chi connectivity index (χ1v) is 7.65. The highest BCUT2D eigenvalue weighted by Crippen LogP contribution is 2.33.